The molecule has 1 aromatic heterocycles. The molecule has 4 rings (SSSR count). The zero-order valence-corrected chi connectivity index (χ0v) is 32.2. The van der Waals surface area contributed by atoms with Gasteiger partial charge in [0.2, 0.25) is 18.0 Å². The van der Waals surface area contributed by atoms with Gasteiger partial charge in [0, 0.05) is 18.5 Å². The lowest BCUT2D eigenvalue weighted by atomic mass is 9.97. The predicted molar refractivity (Wildman–Crippen MR) is 197 cm³/mol. The smallest absolute Gasteiger partial charge is 0.434 e. The fraction of sp³-hybridized carbons (Fsp3) is 0.421. The highest BCUT2D eigenvalue weighted by Crippen LogP contribution is 2.31. The van der Waals surface area contributed by atoms with Gasteiger partial charge in [-0.2, -0.15) is 0 Å². The molecule has 0 radical (unpaired) electrons. The molecule has 1 amide bonds. The third-order valence-corrected chi connectivity index (χ3v) is 8.51. The molecule has 1 heterocycles. The molecular formula is C38H49N7O12. The average molecular weight is 796 g/mol. The number of carbonyl (C=O) groups excluding carboxylic acids is 3. The first-order valence-corrected chi connectivity index (χ1v) is 18.4. The summed E-state index contributed by atoms with van der Waals surface area (Å²) in [5.41, 5.74) is 3.59. The van der Waals surface area contributed by atoms with Crippen molar-refractivity contribution >= 4 is 18.0 Å². The van der Waals surface area contributed by atoms with Gasteiger partial charge in [0.1, 0.15) is 11.8 Å². The van der Waals surface area contributed by atoms with Crippen molar-refractivity contribution in [3.8, 4) is 28.3 Å². The highest BCUT2D eigenvalue weighted by Gasteiger charge is 2.34. The van der Waals surface area contributed by atoms with E-state index in [2.05, 4.69) is 25.1 Å². The summed E-state index contributed by atoms with van der Waals surface area (Å²) in [6.07, 6.45) is 0.638. The van der Waals surface area contributed by atoms with Crippen molar-refractivity contribution in [2.45, 2.75) is 85.2 Å². The van der Waals surface area contributed by atoms with Gasteiger partial charge in [-0.3, -0.25) is 30.5 Å². The van der Waals surface area contributed by atoms with E-state index >= 15 is 0 Å². The minimum atomic E-state index is -0.939. The second kappa shape index (κ2) is 22.4. The van der Waals surface area contributed by atoms with Crippen LogP contribution >= 0.6 is 0 Å². The zero-order chi connectivity index (χ0) is 41.3. The monoisotopic (exact) mass is 795 g/mol. The summed E-state index contributed by atoms with van der Waals surface area (Å²) in [6, 6.07) is 20.5. The van der Waals surface area contributed by atoms with E-state index in [1.807, 2.05) is 69.3 Å². The van der Waals surface area contributed by atoms with Crippen LogP contribution in [0, 0.1) is 5.92 Å². The number of benzene rings is 3. The van der Waals surface area contributed by atoms with E-state index in [1.54, 1.807) is 30.0 Å². The molecule has 19 heteroatoms. The normalized spacial score (nSPS) is 12.5. The molecule has 0 saturated carbocycles. The molecule has 4 aromatic rings. The van der Waals surface area contributed by atoms with Gasteiger partial charge in [-0.1, -0.05) is 87.9 Å². The number of hydrogen-bond acceptors (Lipinski definition) is 17. The molecule has 4 N–H and O–H groups in total. The van der Waals surface area contributed by atoms with Gasteiger partial charge in [0.05, 0.1) is 30.6 Å². The Balaban J connectivity index is 1.47. The van der Waals surface area contributed by atoms with Crippen molar-refractivity contribution in [2.75, 3.05) is 13.2 Å². The minimum absolute atomic E-state index is 0.0183. The van der Waals surface area contributed by atoms with Crippen LogP contribution in [-0.2, 0) is 41.9 Å². The quantitative estimate of drug-likeness (QED) is 0.0303. The van der Waals surface area contributed by atoms with E-state index in [1.165, 1.54) is 6.07 Å². The summed E-state index contributed by atoms with van der Waals surface area (Å²) in [5.74, 6) is -0.583. The summed E-state index contributed by atoms with van der Waals surface area (Å²) in [5, 5.41) is 46.7. The van der Waals surface area contributed by atoms with Crippen molar-refractivity contribution in [1.82, 2.24) is 35.9 Å². The number of esters is 1. The van der Waals surface area contributed by atoms with E-state index in [0.29, 0.717) is 30.4 Å². The Bertz CT molecular complexity index is 1870. The lowest BCUT2D eigenvalue weighted by molar-refractivity contribution is -0.497. The topological polar surface area (TPSA) is 232 Å². The summed E-state index contributed by atoms with van der Waals surface area (Å²) in [4.78, 5) is 51.4. The Morgan fingerprint density at radius 1 is 0.807 bits per heavy atom. The number of unbranched alkanes of at least 4 members (excludes halogenated alkanes) is 2. The molecule has 0 saturated heterocycles. The zero-order valence-electron chi connectivity index (χ0n) is 32.2. The highest BCUT2D eigenvalue weighted by molar-refractivity contribution is 5.86. The number of aromatic nitrogens is 4. The molecular weight excluding hydrogens is 746 g/mol. The number of hydrogen-bond donors (Lipinski definition) is 4. The maximum absolute atomic E-state index is 13.7. The number of tetrazole rings is 1. The number of carbonyl (C=O) groups is 3. The van der Waals surface area contributed by atoms with Gasteiger partial charge in [-0.25, -0.2) is 14.4 Å². The predicted octanol–water partition coefficient (Wildman–Crippen LogP) is 6.13. The van der Waals surface area contributed by atoms with Crippen LogP contribution in [0.4, 0.5) is 4.79 Å². The SMILES string of the molecule is CCCCC(=O)N(Cc1ccc(-c2ccccc2-c2nnn(C(C)OC(=O)OCCCCON(O)O)n2)cc1)[C@H](C(=O)Oc1cccc(CON(O)O)c1)C(C)C. The second-order valence-electron chi connectivity index (χ2n) is 13.2. The first kappa shape index (κ1) is 44.3. The molecule has 308 valence electrons. The maximum atomic E-state index is 13.7. The largest absolute Gasteiger partial charge is 0.510 e. The van der Waals surface area contributed by atoms with E-state index in [4.69, 9.17) is 35.0 Å². The lowest BCUT2D eigenvalue weighted by Gasteiger charge is -2.33. The minimum Gasteiger partial charge on any atom is -0.434 e. The molecule has 0 aliphatic rings. The van der Waals surface area contributed by atoms with E-state index in [9.17, 15) is 14.4 Å². The first-order chi connectivity index (χ1) is 27.4. The van der Waals surface area contributed by atoms with Crippen LogP contribution in [0.1, 0.15) is 77.2 Å². The van der Waals surface area contributed by atoms with Crippen LogP contribution in [0.15, 0.2) is 72.8 Å². The van der Waals surface area contributed by atoms with Crippen molar-refractivity contribution in [3.63, 3.8) is 0 Å². The summed E-state index contributed by atoms with van der Waals surface area (Å²) in [7, 11) is 0. The van der Waals surface area contributed by atoms with Gasteiger partial charge in [0.15, 0.2) is 0 Å². The summed E-state index contributed by atoms with van der Waals surface area (Å²) >= 11 is 0. The third-order valence-electron chi connectivity index (χ3n) is 8.51. The molecule has 1 unspecified atom stereocenters. The van der Waals surface area contributed by atoms with Gasteiger partial charge in [-0.05, 0) is 71.7 Å². The summed E-state index contributed by atoms with van der Waals surface area (Å²) in [6.45, 7) is 7.25. The van der Waals surface area contributed by atoms with Crippen molar-refractivity contribution in [2.24, 2.45) is 5.92 Å². The molecule has 0 spiro atoms. The fourth-order valence-corrected chi connectivity index (χ4v) is 5.71. The third kappa shape index (κ3) is 13.9. The molecule has 3 aromatic carbocycles. The van der Waals surface area contributed by atoms with E-state index in [0.717, 1.165) is 27.9 Å². The van der Waals surface area contributed by atoms with Crippen LogP contribution in [0.3, 0.4) is 0 Å². The molecule has 0 aliphatic heterocycles. The Morgan fingerprint density at radius 3 is 2.19 bits per heavy atom. The van der Waals surface area contributed by atoms with Crippen LogP contribution in [-0.4, -0.2) is 94.0 Å². The van der Waals surface area contributed by atoms with Gasteiger partial charge >= 0.3 is 12.1 Å². The number of ether oxygens (including phenoxy) is 3. The number of rotatable bonds is 22. The van der Waals surface area contributed by atoms with Gasteiger partial charge < -0.3 is 19.1 Å². The highest BCUT2D eigenvalue weighted by atomic mass is 17.1. The Labute approximate surface area is 329 Å². The number of amides is 1. The Kier molecular flexibility index (Phi) is 17.4. The van der Waals surface area contributed by atoms with E-state index < -0.39 is 29.8 Å². The van der Waals surface area contributed by atoms with Crippen molar-refractivity contribution in [1.29, 1.82) is 0 Å². The van der Waals surface area contributed by atoms with Crippen molar-refractivity contribution in [3.05, 3.63) is 83.9 Å². The molecule has 0 fully saturated rings. The molecule has 19 nitrogen and oxygen atoms in total. The lowest BCUT2D eigenvalue weighted by Crippen LogP contribution is -2.49. The Morgan fingerprint density at radius 2 is 1.51 bits per heavy atom. The van der Waals surface area contributed by atoms with E-state index in [-0.39, 0.29) is 61.6 Å². The van der Waals surface area contributed by atoms with Crippen LogP contribution in [0.25, 0.3) is 22.5 Å². The number of nitrogens with zero attached hydrogens (tertiary/aromatic N) is 7. The maximum Gasteiger partial charge on any atom is 0.510 e. The average Bonchev–Trinajstić information content (AvgIpc) is 3.68. The van der Waals surface area contributed by atoms with Gasteiger partial charge in [0.25, 0.3) is 0 Å². The van der Waals surface area contributed by atoms with Crippen LogP contribution < -0.4 is 4.74 Å². The summed E-state index contributed by atoms with van der Waals surface area (Å²) < 4.78 is 16.1. The Hall–Kier alpha value is -5.38. The first-order valence-electron chi connectivity index (χ1n) is 18.4. The van der Waals surface area contributed by atoms with Crippen molar-refractivity contribution < 1.29 is 59.1 Å². The molecule has 0 aliphatic carbocycles. The molecule has 0 bridgehead atoms. The van der Waals surface area contributed by atoms with Gasteiger partial charge in [-0.15, -0.1) is 15.0 Å². The van der Waals surface area contributed by atoms with Crippen LogP contribution in [0.2, 0.25) is 0 Å². The molecule has 2 atom stereocenters. The standard InChI is InChI=1S/C38H49N7O12/c1-5-6-16-34(46)42(35(26(2)3)37(47)57-31-13-11-12-29(23-31)25-55-45(51)52)24-28-17-19-30(20-18-28)32-14-7-8-15-33(32)36-39-41-43(40-36)27(4)56-38(48)53-21-9-10-22-54-44(49)50/h7-8,11-15,17-20,23,26-27,35,49-52H,5-6,9-10,16,21-22,24-25H2,1-4H3/t27?,35-/m0/s1. The second-order valence-corrected chi connectivity index (χ2v) is 13.2. The van der Waals surface area contributed by atoms with Crippen LogP contribution in [0.5, 0.6) is 5.75 Å². The fourth-order valence-electron chi connectivity index (χ4n) is 5.71. The molecule has 57 heavy (non-hydrogen) atoms.